The van der Waals surface area contributed by atoms with E-state index in [0.717, 1.165) is 5.56 Å². The highest BCUT2D eigenvalue weighted by atomic mass is 35.5. The van der Waals surface area contributed by atoms with Crippen molar-refractivity contribution in [2.24, 2.45) is 0 Å². The van der Waals surface area contributed by atoms with Crippen LogP contribution in [0.1, 0.15) is 28.8 Å². The van der Waals surface area contributed by atoms with Gasteiger partial charge < -0.3 is 14.8 Å². The van der Waals surface area contributed by atoms with Gasteiger partial charge in [-0.15, -0.1) is 0 Å². The summed E-state index contributed by atoms with van der Waals surface area (Å²) >= 11 is 6.00. The van der Waals surface area contributed by atoms with Crippen LogP contribution in [0.3, 0.4) is 0 Å². The number of rotatable bonds is 8. The van der Waals surface area contributed by atoms with Crippen molar-refractivity contribution in [2.45, 2.75) is 19.8 Å². The van der Waals surface area contributed by atoms with Crippen molar-refractivity contribution in [1.29, 1.82) is 0 Å². The summed E-state index contributed by atoms with van der Waals surface area (Å²) in [5.74, 6) is -0.768. The number of methoxy groups -OCH3 is 1. The van der Waals surface area contributed by atoms with Crippen LogP contribution in [0.25, 0.3) is 0 Å². The lowest BCUT2D eigenvalue weighted by atomic mass is 10.1. The van der Waals surface area contributed by atoms with Crippen LogP contribution >= 0.6 is 11.6 Å². The monoisotopic (exact) mass is 389 g/mol. The number of amides is 1. The van der Waals surface area contributed by atoms with E-state index in [2.05, 4.69) is 5.32 Å². The molecule has 2 aromatic carbocycles. The number of ketones is 1. The molecule has 142 valence electrons. The summed E-state index contributed by atoms with van der Waals surface area (Å²) in [5.41, 5.74) is 1.84. The molecule has 0 fully saturated rings. The summed E-state index contributed by atoms with van der Waals surface area (Å²) in [7, 11) is 1.50. The van der Waals surface area contributed by atoms with Gasteiger partial charge in [0.25, 0.3) is 0 Å². The van der Waals surface area contributed by atoms with Gasteiger partial charge in [0, 0.05) is 22.7 Å². The van der Waals surface area contributed by atoms with Gasteiger partial charge >= 0.3 is 5.97 Å². The number of esters is 1. The molecule has 0 saturated carbocycles. The first-order chi connectivity index (χ1) is 12.9. The number of Topliss-reactive ketones (excluding diaryl/α,β-unsaturated/α-hetero) is 1. The molecular formula is C20H20ClNO5. The lowest BCUT2D eigenvalue weighted by Crippen LogP contribution is -2.17. The average Bonchev–Trinajstić information content (AvgIpc) is 2.67. The van der Waals surface area contributed by atoms with Crippen LogP contribution in [0.15, 0.2) is 42.5 Å². The topological polar surface area (TPSA) is 81.7 Å². The van der Waals surface area contributed by atoms with Crippen LogP contribution in [0, 0.1) is 6.92 Å². The second-order valence-corrected chi connectivity index (χ2v) is 6.24. The molecule has 0 bridgehead atoms. The third-order valence-corrected chi connectivity index (χ3v) is 4.17. The normalized spacial score (nSPS) is 10.2. The number of nitrogens with one attached hydrogen (secondary N) is 1. The lowest BCUT2D eigenvalue weighted by Gasteiger charge is -2.07. The molecule has 1 amide bonds. The number of halogens is 1. The van der Waals surface area contributed by atoms with E-state index in [1.807, 2.05) is 6.92 Å². The highest BCUT2D eigenvalue weighted by Gasteiger charge is 2.13. The predicted octanol–water partition coefficient (Wildman–Crippen LogP) is 3.80. The maximum atomic E-state index is 12.0. The number of anilines is 1. The Balaban J connectivity index is 1.75. The van der Waals surface area contributed by atoms with Crippen LogP contribution in [-0.2, 0) is 14.3 Å². The Morgan fingerprint density at radius 2 is 1.85 bits per heavy atom. The molecule has 0 aromatic heterocycles. The zero-order valence-corrected chi connectivity index (χ0v) is 15.8. The largest absolute Gasteiger partial charge is 0.497 e. The Kier molecular flexibility index (Phi) is 7.37. The fourth-order valence-corrected chi connectivity index (χ4v) is 2.39. The summed E-state index contributed by atoms with van der Waals surface area (Å²) < 4.78 is 9.98. The van der Waals surface area contributed by atoms with Gasteiger partial charge in [0.2, 0.25) is 5.91 Å². The molecule has 0 radical (unpaired) electrons. The average molecular weight is 390 g/mol. The summed E-state index contributed by atoms with van der Waals surface area (Å²) in [6, 6.07) is 11.7. The molecule has 0 aliphatic rings. The van der Waals surface area contributed by atoms with Crippen molar-refractivity contribution in [2.75, 3.05) is 19.0 Å². The van der Waals surface area contributed by atoms with E-state index in [4.69, 9.17) is 21.1 Å². The Morgan fingerprint density at radius 3 is 2.56 bits per heavy atom. The lowest BCUT2D eigenvalue weighted by molar-refractivity contribution is -0.143. The Morgan fingerprint density at radius 1 is 1.07 bits per heavy atom. The van der Waals surface area contributed by atoms with Gasteiger partial charge in [-0.3, -0.25) is 14.4 Å². The van der Waals surface area contributed by atoms with E-state index >= 15 is 0 Å². The van der Waals surface area contributed by atoms with E-state index in [-0.39, 0.29) is 31.1 Å². The third-order valence-electron chi connectivity index (χ3n) is 3.77. The molecule has 0 aliphatic heterocycles. The molecule has 0 unspecified atom stereocenters. The minimum atomic E-state index is -0.622. The zero-order chi connectivity index (χ0) is 19.8. The van der Waals surface area contributed by atoms with Crippen LogP contribution in [-0.4, -0.2) is 31.4 Å². The van der Waals surface area contributed by atoms with Crippen LogP contribution in [0.5, 0.6) is 5.75 Å². The van der Waals surface area contributed by atoms with Gasteiger partial charge in [-0.2, -0.15) is 0 Å². The van der Waals surface area contributed by atoms with E-state index in [1.165, 1.54) is 7.11 Å². The minimum absolute atomic E-state index is 0.0579. The maximum absolute atomic E-state index is 12.0. The van der Waals surface area contributed by atoms with E-state index in [1.54, 1.807) is 42.5 Å². The van der Waals surface area contributed by atoms with Crippen LogP contribution < -0.4 is 10.1 Å². The molecule has 0 spiro atoms. The highest BCUT2D eigenvalue weighted by molar-refractivity contribution is 6.31. The second kappa shape index (κ2) is 9.73. The van der Waals surface area contributed by atoms with Crippen molar-refractivity contribution < 1.29 is 23.9 Å². The molecule has 1 N–H and O–H groups in total. The number of ether oxygens (including phenoxy) is 2. The fourth-order valence-electron chi connectivity index (χ4n) is 2.21. The smallest absolute Gasteiger partial charge is 0.306 e. The second-order valence-electron chi connectivity index (χ2n) is 5.83. The first kappa shape index (κ1) is 20.5. The zero-order valence-electron chi connectivity index (χ0n) is 15.1. The van der Waals surface area contributed by atoms with Crippen LogP contribution in [0.4, 0.5) is 5.69 Å². The number of hydrogen-bond acceptors (Lipinski definition) is 5. The van der Waals surface area contributed by atoms with Crippen molar-refractivity contribution >= 4 is 34.9 Å². The summed E-state index contributed by atoms with van der Waals surface area (Å²) in [6.45, 7) is 1.47. The molecule has 2 rings (SSSR count). The van der Waals surface area contributed by atoms with Crippen molar-refractivity contribution in [3.63, 3.8) is 0 Å². The Labute approximate surface area is 162 Å². The number of carbonyl (C=O) groups is 3. The van der Waals surface area contributed by atoms with Gasteiger partial charge in [0.05, 0.1) is 13.5 Å². The van der Waals surface area contributed by atoms with E-state index < -0.39 is 5.97 Å². The Bertz CT molecular complexity index is 850. The molecule has 7 heteroatoms. The first-order valence-electron chi connectivity index (χ1n) is 8.28. The summed E-state index contributed by atoms with van der Waals surface area (Å²) in [4.78, 5) is 35.7. The molecule has 6 nitrogen and oxygen atoms in total. The standard InChI is InChI=1S/C20H20ClNO5/c1-13-6-7-15(11-17(13)21)22-19(24)8-9-20(25)27-12-18(23)14-4-3-5-16(10-14)26-2/h3-7,10-11H,8-9,12H2,1-2H3,(H,22,24). The van der Waals surface area contributed by atoms with Crippen molar-refractivity contribution in [3.05, 3.63) is 58.6 Å². The van der Waals surface area contributed by atoms with E-state index in [0.29, 0.717) is 22.0 Å². The highest BCUT2D eigenvalue weighted by Crippen LogP contribution is 2.20. The van der Waals surface area contributed by atoms with Gasteiger partial charge in [0.15, 0.2) is 12.4 Å². The minimum Gasteiger partial charge on any atom is -0.497 e. The molecule has 0 heterocycles. The molecule has 27 heavy (non-hydrogen) atoms. The molecule has 0 saturated heterocycles. The first-order valence-corrected chi connectivity index (χ1v) is 8.65. The molecular weight excluding hydrogens is 370 g/mol. The quantitative estimate of drug-likeness (QED) is 0.548. The number of carbonyl (C=O) groups excluding carboxylic acids is 3. The third kappa shape index (κ3) is 6.42. The number of aryl methyl sites for hydroxylation is 1. The Hall–Kier alpha value is -2.86. The molecule has 2 aromatic rings. The SMILES string of the molecule is COc1cccc(C(=O)COC(=O)CCC(=O)Nc2ccc(C)c(Cl)c2)c1. The van der Waals surface area contributed by atoms with Crippen molar-refractivity contribution in [3.8, 4) is 5.75 Å². The summed E-state index contributed by atoms with van der Waals surface area (Å²) in [6.07, 6.45) is -0.186. The fraction of sp³-hybridized carbons (Fsp3) is 0.250. The maximum Gasteiger partial charge on any atom is 0.306 e. The number of benzene rings is 2. The predicted molar refractivity (Wildman–Crippen MR) is 102 cm³/mol. The van der Waals surface area contributed by atoms with Gasteiger partial charge in [-0.05, 0) is 36.8 Å². The molecule has 0 aliphatic carbocycles. The van der Waals surface area contributed by atoms with Gasteiger partial charge in [-0.1, -0.05) is 29.8 Å². The van der Waals surface area contributed by atoms with Gasteiger partial charge in [0.1, 0.15) is 5.75 Å². The van der Waals surface area contributed by atoms with Gasteiger partial charge in [-0.25, -0.2) is 0 Å². The number of hydrogen-bond donors (Lipinski definition) is 1. The summed E-state index contributed by atoms with van der Waals surface area (Å²) in [5, 5.41) is 3.20. The molecule has 0 atom stereocenters. The van der Waals surface area contributed by atoms with E-state index in [9.17, 15) is 14.4 Å². The van der Waals surface area contributed by atoms with Crippen molar-refractivity contribution in [1.82, 2.24) is 0 Å². The van der Waals surface area contributed by atoms with Crippen LogP contribution in [0.2, 0.25) is 5.02 Å².